The van der Waals surface area contributed by atoms with E-state index in [1.807, 2.05) is 19.9 Å². The molecular weight excluding hydrogens is 140 g/mol. The molecule has 58 valence electrons. The first-order chi connectivity index (χ1) is 5.24. The van der Waals surface area contributed by atoms with E-state index in [1.165, 1.54) is 0 Å². The van der Waals surface area contributed by atoms with Crippen LogP contribution >= 0.6 is 0 Å². The zero-order valence-corrected chi connectivity index (χ0v) is 6.63. The summed E-state index contributed by atoms with van der Waals surface area (Å²) in [5.74, 6) is 1.74. The molecular formula is C7H10N4. The Kier molecular flexibility index (Phi) is 2.21. The smallest absolute Gasteiger partial charge is 0.153 e. The third kappa shape index (κ3) is 1.77. The molecule has 0 aliphatic carbocycles. The van der Waals surface area contributed by atoms with Crippen LogP contribution in [0.2, 0.25) is 0 Å². The van der Waals surface area contributed by atoms with E-state index in [0.29, 0.717) is 18.2 Å². The molecule has 1 N–H and O–H groups in total. The summed E-state index contributed by atoms with van der Waals surface area (Å²) in [6.45, 7) is 4.03. The first-order valence-corrected chi connectivity index (χ1v) is 3.52. The molecule has 0 atom stereocenters. The minimum Gasteiger partial charge on any atom is -0.262 e. The Balaban J connectivity index is 2.75. The van der Waals surface area contributed by atoms with E-state index in [-0.39, 0.29) is 0 Å². The van der Waals surface area contributed by atoms with Crippen molar-refractivity contribution < 1.29 is 0 Å². The summed E-state index contributed by atoms with van der Waals surface area (Å²) in [4.78, 5) is 4.11. The summed E-state index contributed by atoms with van der Waals surface area (Å²) >= 11 is 0. The van der Waals surface area contributed by atoms with Crippen molar-refractivity contribution >= 4 is 0 Å². The highest BCUT2D eigenvalue weighted by molar-refractivity contribution is 4.99. The minimum absolute atomic E-state index is 0.305. The summed E-state index contributed by atoms with van der Waals surface area (Å²) in [6.07, 6.45) is 0.305. The quantitative estimate of drug-likeness (QED) is 0.683. The number of aromatic nitrogens is 3. The first kappa shape index (κ1) is 7.73. The fraction of sp³-hybridized carbons (Fsp3) is 0.571. The topological polar surface area (TPSA) is 65.4 Å². The van der Waals surface area contributed by atoms with Crippen molar-refractivity contribution in [3.05, 3.63) is 11.6 Å². The number of nitrogens with zero attached hydrogens (tertiary/aromatic N) is 3. The molecule has 0 spiro atoms. The van der Waals surface area contributed by atoms with Crippen molar-refractivity contribution in [1.29, 1.82) is 5.26 Å². The highest BCUT2D eigenvalue weighted by Gasteiger charge is 2.05. The average Bonchev–Trinajstić information content (AvgIpc) is 2.37. The molecule has 0 saturated heterocycles. The van der Waals surface area contributed by atoms with Crippen molar-refractivity contribution in [3.63, 3.8) is 0 Å². The molecule has 0 aliphatic heterocycles. The van der Waals surface area contributed by atoms with Crippen molar-refractivity contribution in [2.24, 2.45) is 0 Å². The Labute approximate surface area is 65.3 Å². The maximum absolute atomic E-state index is 8.33. The maximum Gasteiger partial charge on any atom is 0.153 e. The third-order valence-electron chi connectivity index (χ3n) is 1.31. The molecule has 0 amide bonds. The molecule has 4 nitrogen and oxygen atoms in total. The van der Waals surface area contributed by atoms with Crippen LogP contribution in [0.25, 0.3) is 0 Å². The molecule has 1 heterocycles. The van der Waals surface area contributed by atoms with Gasteiger partial charge in [0, 0.05) is 5.92 Å². The zero-order chi connectivity index (χ0) is 8.27. The fourth-order valence-electron chi connectivity index (χ4n) is 0.722. The van der Waals surface area contributed by atoms with Crippen LogP contribution in [0.15, 0.2) is 0 Å². The van der Waals surface area contributed by atoms with Gasteiger partial charge in [-0.05, 0) is 0 Å². The standard InChI is InChI=1S/C7H10N4/c1-5(2)7-9-6(3-4-8)10-11-7/h5H,3H2,1-2H3,(H,9,10,11). The molecule has 1 aromatic rings. The highest BCUT2D eigenvalue weighted by atomic mass is 15.2. The van der Waals surface area contributed by atoms with Crippen LogP contribution < -0.4 is 0 Å². The maximum atomic E-state index is 8.33. The van der Waals surface area contributed by atoms with E-state index >= 15 is 0 Å². The van der Waals surface area contributed by atoms with Gasteiger partial charge < -0.3 is 0 Å². The average molecular weight is 150 g/mol. The summed E-state index contributed by atoms with van der Waals surface area (Å²) in [5.41, 5.74) is 0. The molecule has 0 unspecified atom stereocenters. The van der Waals surface area contributed by atoms with Crippen LogP contribution in [0.1, 0.15) is 31.4 Å². The predicted octanol–water partition coefficient (Wildman–Crippen LogP) is 0.994. The largest absolute Gasteiger partial charge is 0.262 e. The van der Waals surface area contributed by atoms with Gasteiger partial charge in [0.25, 0.3) is 0 Å². The number of hydrogen-bond donors (Lipinski definition) is 1. The van der Waals surface area contributed by atoms with Crippen LogP contribution in [-0.4, -0.2) is 15.2 Å². The summed E-state index contributed by atoms with van der Waals surface area (Å²) in [6, 6.07) is 2.00. The second-order valence-electron chi connectivity index (χ2n) is 2.63. The third-order valence-corrected chi connectivity index (χ3v) is 1.31. The number of aromatic amines is 1. The lowest BCUT2D eigenvalue weighted by Crippen LogP contribution is -1.90. The summed E-state index contributed by atoms with van der Waals surface area (Å²) < 4.78 is 0. The van der Waals surface area contributed by atoms with Gasteiger partial charge in [0.05, 0.1) is 12.5 Å². The lowest BCUT2D eigenvalue weighted by Gasteiger charge is -1.92. The van der Waals surface area contributed by atoms with Gasteiger partial charge in [0.15, 0.2) is 5.82 Å². The SMILES string of the molecule is CC(C)c1n[nH]c(CC#N)n1. The van der Waals surface area contributed by atoms with Gasteiger partial charge >= 0.3 is 0 Å². The highest BCUT2D eigenvalue weighted by Crippen LogP contribution is 2.07. The van der Waals surface area contributed by atoms with Crippen LogP contribution in [0.3, 0.4) is 0 Å². The van der Waals surface area contributed by atoms with Crippen molar-refractivity contribution in [1.82, 2.24) is 15.2 Å². The first-order valence-electron chi connectivity index (χ1n) is 3.52. The second kappa shape index (κ2) is 3.15. The van der Waals surface area contributed by atoms with E-state index in [1.54, 1.807) is 0 Å². The lowest BCUT2D eigenvalue weighted by atomic mass is 10.2. The van der Waals surface area contributed by atoms with Gasteiger partial charge in [-0.2, -0.15) is 10.4 Å². The molecule has 0 fully saturated rings. The Morgan fingerprint density at radius 3 is 2.82 bits per heavy atom. The van der Waals surface area contributed by atoms with Crippen molar-refractivity contribution in [2.75, 3.05) is 0 Å². The van der Waals surface area contributed by atoms with E-state index < -0.39 is 0 Å². The monoisotopic (exact) mass is 150 g/mol. The molecule has 1 rings (SSSR count). The minimum atomic E-state index is 0.305. The molecule has 1 aromatic heterocycles. The number of rotatable bonds is 2. The van der Waals surface area contributed by atoms with Gasteiger partial charge in [-0.15, -0.1) is 0 Å². The van der Waals surface area contributed by atoms with Crippen molar-refractivity contribution in [2.45, 2.75) is 26.2 Å². The molecule has 11 heavy (non-hydrogen) atoms. The van der Waals surface area contributed by atoms with E-state index in [4.69, 9.17) is 5.26 Å². The second-order valence-corrected chi connectivity index (χ2v) is 2.63. The Morgan fingerprint density at radius 1 is 1.64 bits per heavy atom. The molecule has 0 aliphatic rings. The van der Waals surface area contributed by atoms with Crippen LogP contribution in [0, 0.1) is 11.3 Å². The van der Waals surface area contributed by atoms with E-state index in [0.717, 1.165) is 5.82 Å². The summed E-state index contributed by atoms with van der Waals surface area (Å²) in [7, 11) is 0. The molecule has 4 heteroatoms. The Bertz CT molecular complexity index is 268. The normalized spacial score (nSPS) is 10.0. The fourth-order valence-corrected chi connectivity index (χ4v) is 0.722. The van der Waals surface area contributed by atoms with Crippen molar-refractivity contribution in [3.8, 4) is 6.07 Å². The Hall–Kier alpha value is -1.37. The number of H-pyrrole nitrogens is 1. The van der Waals surface area contributed by atoms with Gasteiger partial charge in [0.1, 0.15) is 5.82 Å². The molecule has 0 bridgehead atoms. The Morgan fingerprint density at radius 2 is 2.36 bits per heavy atom. The molecule has 0 saturated carbocycles. The molecule has 0 radical (unpaired) electrons. The van der Waals surface area contributed by atoms with Crippen LogP contribution in [0.5, 0.6) is 0 Å². The predicted molar refractivity (Wildman–Crippen MR) is 39.8 cm³/mol. The van der Waals surface area contributed by atoms with Gasteiger partial charge in [-0.25, -0.2) is 4.98 Å². The van der Waals surface area contributed by atoms with Gasteiger partial charge in [-0.1, -0.05) is 13.8 Å². The van der Waals surface area contributed by atoms with E-state index in [2.05, 4.69) is 15.2 Å². The lowest BCUT2D eigenvalue weighted by molar-refractivity contribution is 0.780. The molecule has 0 aromatic carbocycles. The van der Waals surface area contributed by atoms with Gasteiger partial charge in [0.2, 0.25) is 0 Å². The van der Waals surface area contributed by atoms with Crippen LogP contribution in [0.4, 0.5) is 0 Å². The number of nitriles is 1. The van der Waals surface area contributed by atoms with Crippen LogP contribution in [-0.2, 0) is 6.42 Å². The van der Waals surface area contributed by atoms with Gasteiger partial charge in [-0.3, -0.25) is 5.10 Å². The summed E-state index contributed by atoms with van der Waals surface area (Å²) in [5, 5.41) is 15.0. The van der Waals surface area contributed by atoms with E-state index in [9.17, 15) is 0 Å². The number of hydrogen-bond acceptors (Lipinski definition) is 3. The zero-order valence-electron chi connectivity index (χ0n) is 6.63. The number of nitrogens with one attached hydrogen (secondary N) is 1.